The molecule has 1 aromatic rings. The van der Waals surface area contributed by atoms with Gasteiger partial charge in [-0.3, -0.25) is 0 Å². The lowest BCUT2D eigenvalue weighted by atomic mass is 9.79. The average molecular weight is 220 g/mol. The number of hydrogen-bond acceptors (Lipinski definition) is 1. The van der Waals surface area contributed by atoms with E-state index in [0.29, 0.717) is 0 Å². The van der Waals surface area contributed by atoms with Crippen molar-refractivity contribution in [3.63, 3.8) is 0 Å². The molecular formula is C15H24O. The van der Waals surface area contributed by atoms with E-state index < -0.39 is 0 Å². The smallest absolute Gasteiger partial charge is 0.0487 e. The summed E-state index contributed by atoms with van der Waals surface area (Å²) in [4.78, 5) is 0. The fourth-order valence-corrected chi connectivity index (χ4v) is 2.21. The maximum Gasteiger partial charge on any atom is 0.0487 e. The Morgan fingerprint density at radius 2 is 1.62 bits per heavy atom. The highest BCUT2D eigenvalue weighted by Crippen LogP contribution is 2.29. The Kier molecular flexibility index (Phi) is 4.15. The highest BCUT2D eigenvalue weighted by molar-refractivity contribution is 5.38. The van der Waals surface area contributed by atoms with Crippen molar-refractivity contribution in [1.82, 2.24) is 0 Å². The Hall–Kier alpha value is -0.820. The van der Waals surface area contributed by atoms with Crippen LogP contribution in [0, 0.1) is 26.2 Å². The summed E-state index contributed by atoms with van der Waals surface area (Å²) in [6.45, 7) is 11.0. The van der Waals surface area contributed by atoms with Crippen molar-refractivity contribution in [1.29, 1.82) is 0 Å². The van der Waals surface area contributed by atoms with E-state index >= 15 is 0 Å². The van der Waals surface area contributed by atoms with Crippen LogP contribution < -0.4 is 0 Å². The summed E-state index contributed by atoms with van der Waals surface area (Å²) in [6.07, 6.45) is 1.98. The first kappa shape index (κ1) is 13.2. The Morgan fingerprint density at radius 1 is 1.12 bits per heavy atom. The SMILES string of the molecule is CCC(C)(CO)Cc1c(C)cc(C)cc1C. The fourth-order valence-electron chi connectivity index (χ4n) is 2.21. The quantitative estimate of drug-likeness (QED) is 0.822. The van der Waals surface area contributed by atoms with Gasteiger partial charge in [0.2, 0.25) is 0 Å². The molecule has 90 valence electrons. The van der Waals surface area contributed by atoms with Gasteiger partial charge < -0.3 is 5.11 Å². The summed E-state index contributed by atoms with van der Waals surface area (Å²) in [5.41, 5.74) is 5.45. The predicted octanol–water partition coefficient (Wildman–Crippen LogP) is 3.56. The molecule has 0 aliphatic rings. The zero-order valence-corrected chi connectivity index (χ0v) is 11.2. The molecule has 1 atom stereocenters. The van der Waals surface area contributed by atoms with E-state index in [-0.39, 0.29) is 12.0 Å². The molecule has 0 radical (unpaired) electrons. The minimum atomic E-state index is 0.0186. The molecule has 0 aliphatic heterocycles. The number of aliphatic hydroxyl groups is 1. The van der Waals surface area contributed by atoms with Gasteiger partial charge in [0.25, 0.3) is 0 Å². The third-order valence-electron chi connectivity index (χ3n) is 3.68. The molecule has 0 bridgehead atoms. The van der Waals surface area contributed by atoms with E-state index in [9.17, 15) is 5.11 Å². The highest BCUT2D eigenvalue weighted by Gasteiger charge is 2.23. The third kappa shape index (κ3) is 2.85. The molecule has 0 saturated carbocycles. The molecule has 0 saturated heterocycles. The van der Waals surface area contributed by atoms with Gasteiger partial charge in [-0.2, -0.15) is 0 Å². The second-order valence-electron chi connectivity index (χ2n) is 5.38. The van der Waals surface area contributed by atoms with Gasteiger partial charge in [0.05, 0.1) is 0 Å². The summed E-state index contributed by atoms with van der Waals surface area (Å²) >= 11 is 0. The van der Waals surface area contributed by atoms with Gasteiger partial charge in [-0.15, -0.1) is 0 Å². The predicted molar refractivity (Wildman–Crippen MR) is 69.8 cm³/mol. The van der Waals surface area contributed by atoms with E-state index in [2.05, 4.69) is 46.8 Å². The zero-order chi connectivity index (χ0) is 12.3. The number of benzene rings is 1. The topological polar surface area (TPSA) is 20.2 Å². The third-order valence-corrected chi connectivity index (χ3v) is 3.68. The van der Waals surface area contributed by atoms with E-state index in [0.717, 1.165) is 12.8 Å². The molecule has 1 unspecified atom stereocenters. The first-order chi connectivity index (χ1) is 7.41. The van der Waals surface area contributed by atoms with Crippen LogP contribution in [-0.4, -0.2) is 11.7 Å². The largest absolute Gasteiger partial charge is 0.396 e. The molecule has 1 aromatic carbocycles. The van der Waals surface area contributed by atoms with Gasteiger partial charge in [0.15, 0.2) is 0 Å². The van der Waals surface area contributed by atoms with Crippen LogP contribution in [-0.2, 0) is 6.42 Å². The number of aliphatic hydroxyl groups excluding tert-OH is 1. The van der Waals surface area contributed by atoms with Gasteiger partial charge in [-0.1, -0.05) is 31.5 Å². The number of rotatable bonds is 4. The molecule has 1 nitrogen and oxygen atoms in total. The maximum atomic E-state index is 9.48. The molecular weight excluding hydrogens is 196 g/mol. The van der Waals surface area contributed by atoms with E-state index in [1.54, 1.807) is 0 Å². The van der Waals surface area contributed by atoms with Crippen LogP contribution in [0.1, 0.15) is 42.5 Å². The van der Waals surface area contributed by atoms with Crippen molar-refractivity contribution in [2.75, 3.05) is 6.61 Å². The van der Waals surface area contributed by atoms with Crippen molar-refractivity contribution >= 4 is 0 Å². The molecule has 1 heteroatoms. The highest BCUT2D eigenvalue weighted by atomic mass is 16.3. The Balaban J connectivity index is 3.06. The molecule has 0 fully saturated rings. The summed E-state index contributed by atoms with van der Waals surface area (Å²) in [6, 6.07) is 4.46. The van der Waals surface area contributed by atoms with Crippen molar-refractivity contribution in [3.8, 4) is 0 Å². The van der Waals surface area contributed by atoms with Gasteiger partial charge in [0.1, 0.15) is 0 Å². The average Bonchev–Trinajstić information content (AvgIpc) is 2.23. The van der Waals surface area contributed by atoms with E-state index in [4.69, 9.17) is 0 Å². The molecule has 0 aromatic heterocycles. The summed E-state index contributed by atoms with van der Waals surface area (Å²) < 4.78 is 0. The Morgan fingerprint density at radius 3 is 2.00 bits per heavy atom. The summed E-state index contributed by atoms with van der Waals surface area (Å²) in [7, 11) is 0. The van der Waals surface area contributed by atoms with Gasteiger partial charge >= 0.3 is 0 Å². The fraction of sp³-hybridized carbons (Fsp3) is 0.600. The minimum Gasteiger partial charge on any atom is -0.396 e. The lowest BCUT2D eigenvalue weighted by Gasteiger charge is -2.27. The van der Waals surface area contributed by atoms with Gasteiger partial charge in [-0.05, 0) is 55.7 Å². The minimum absolute atomic E-state index is 0.0186. The van der Waals surface area contributed by atoms with Crippen molar-refractivity contribution in [3.05, 3.63) is 34.4 Å². The molecule has 0 amide bonds. The van der Waals surface area contributed by atoms with Crippen LogP contribution in [0.2, 0.25) is 0 Å². The van der Waals surface area contributed by atoms with Crippen molar-refractivity contribution in [2.24, 2.45) is 5.41 Å². The second-order valence-corrected chi connectivity index (χ2v) is 5.38. The molecule has 0 spiro atoms. The monoisotopic (exact) mass is 220 g/mol. The molecule has 16 heavy (non-hydrogen) atoms. The zero-order valence-electron chi connectivity index (χ0n) is 11.2. The lowest BCUT2D eigenvalue weighted by molar-refractivity contribution is 0.137. The Bertz CT molecular complexity index is 339. The normalized spacial score (nSPS) is 14.9. The first-order valence-corrected chi connectivity index (χ1v) is 6.09. The lowest BCUT2D eigenvalue weighted by Crippen LogP contribution is -2.24. The number of aryl methyl sites for hydroxylation is 3. The Labute approximate surface area is 99.5 Å². The van der Waals surface area contributed by atoms with Crippen LogP contribution in [0.4, 0.5) is 0 Å². The standard InChI is InChI=1S/C15H24O/c1-6-15(5,10-16)9-14-12(3)7-11(2)8-13(14)4/h7-8,16H,6,9-10H2,1-5H3. The van der Waals surface area contributed by atoms with E-state index in [1.165, 1.54) is 22.3 Å². The van der Waals surface area contributed by atoms with Crippen LogP contribution in [0.15, 0.2) is 12.1 Å². The maximum absolute atomic E-state index is 9.48. The van der Waals surface area contributed by atoms with Gasteiger partial charge in [-0.25, -0.2) is 0 Å². The summed E-state index contributed by atoms with van der Waals surface area (Å²) in [5, 5.41) is 9.48. The summed E-state index contributed by atoms with van der Waals surface area (Å²) in [5.74, 6) is 0. The van der Waals surface area contributed by atoms with Crippen LogP contribution >= 0.6 is 0 Å². The molecule has 0 aliphatic carbocycles. The number of hydrogen-bond donors (Lipinski definition) is 1. The molecule has 1 N–H and O–H groups in total. The van der Waals surface area contributed by atoms with E-state index in [1.807, 2.05) is 0 Å². The molecule has 0 heterocycles. The van der Waals surface area contributed by atoms with Crippen molar-refractivity contribution in [2.45, 2.75) is 47.5 Å². The van der Waals surface area contributed by atoms with Gasteiger partial charge in [0, 0.05) is 6.61 Å². The molecule has 1 rings (SSSR count). The van der Waals surface area contributed by atoms with Crippen molar-refractivity contribution < 1.29 is 5.11 Å². The van der Waals surface area contributed by atoms with Crippen LogP contribution in [0.5, 0.6) is 0 Å². The second kappa shape index (κ2) is 5.01. The van der Waals surface area contributed by atoms with Crippen LogP contribution in [0.25, 0.3) is 0 Å². The first-order valence-electron chi connectivity index (χ1n) is 6.09. The van der Waals surface area contributed by atoms with Crippen LogP contribution in [0.3, 0.4) is 0 Å².